The van der Waals surface area contributed by atoms with E-state index in [2.05, 4.69) is 0 Å². The standard InChI is InChI=1S/C4H13NO8P2/c6-4(14(8,9)10,15(11,12)13)2-1-3-5-7/h5-7H,1-3H2,(H2,8,9,10)(H2,11,12,13). The summed E-state index contributed by atoms with van der Waals surface area (Å²) in [4.78, 5) is 34.6. The van der Waals surface area contributed by atoms with E-state index in [0.717, 1.165) is 0 Å². The zero-order valence-electron chi connectivity index (χ0n) is 7.52. The number of rotatable bonds is 6. The van der Waals surface area contributed by atoms with E-state index >= 15 is 0 Å². The van der Waals surface area contributed by atoms with Crippen molar-refractivity contribution in [2.45, 2.75) is 17.9 Å². The van der Waals surface area contributed by atoms with Crippen molar-refractivity contribution in [3.63, 3.8) is 0 Å². The molecule has 92 valence electrons. The second kappa shape index (κ2) is 5.01. The molecular weight excluding hydrogens is 252 g/mol. The lowest BCUT2D eigenvalue weighted by Gasteiger charge is -2.28. The van der Waals surface area contributed by atoms with Gasteiger partial charge in [-0.05, 0) is 6.42 Å². The maximum Gasteiger partial charge on any atom is 0.369 e. The maximum absolute atomic E-state index is 10.8. The predicted octanol–water partition coefficient (Wildman–Crippen LogP) is -1.25. The quantitative estimate of drug-likeness (QED) is 0.176. The Bertz CT molecular complexity index is 271. The van der Waals surface area contributed by atoms with Crippen LogP contribution in [0.1, 0.15) is 12.8 Å². The molecule has 0 aromatic rings. The summed E-state index contributed by atoms with van der Waals surface area (Å²) in [6.45, 7) is -0.164. The van der Waals surface area contributed by atoms with Crippen LogP contribution in [0.2, 0.25) is 0 Å². The molecule has 0 spiro atoms. The summed E-state index contributed by atoms with van der Waals surface area (Å²) in [6, 6.07) is 0. The van der Waals surface area contributed by atoms with Gasteiger partial charge in [-0.1, -0.05) is 0 Å². The van der Waals surface area contributed by atoms with Gasteiger partial charge in [0.2, 0.25) is 0 Å². The largest absolute Gasteiger partial charge is 0.369 e. The Morgan fingerprint density at radius 3 is 1.73 bits per heavy atom. The van der Waals surface area contributed by atoms with E-state index < -0.39 is 26.7 Å². The van der Waals surface area contributed by atoms with Crippen LogP contribution in [-0.2, 0) is 9.13 Å². The Balaban J connectivity index is 4.91. The van der Waals surface area contributed by atoms with E-state index in [9.17, 15) is 14.2 Å². The SMILES string of the molecule is O=P(O)(O)C(O)(CCCNO)P(=O)(O)O. The van der Waals surface area contributed by atoms with Gasteiger partial charge in [-0.25, -0.2) is 5.48 Å². The average molecular weight is 265 g/mol. The minimum atomic E-state index is -5.37. The highest BCUT2D eigenvalue weighted by Gasteiger charge is 2.58. The van der Waals surface area contributed by atoms with Gasteiger partial charge >= 0.3 is 15.2 Å². The summed E-state index contributed by atoms with van der Waals surface area (Å²) >= 11 is 0. The second-order valence-corrected chi connectivity index (χ2v) is 6.88. The number of hydrogen-bond donors (Lipinski definition) is 7. The molecule has 15 heavy (non-hydrogen) atoms. The highest BCUT2D eigenvalue weighted by molar-refractivity contribution is 7.72. The molecule has 0 aromatic heterocycles. The van der Waals surface area contributed by atoms with Crippen LogP contribution < -0.4 is 5.48 Å². The smallest absolute Gasteiger partial charge is 0.368 e. The molecule has 9 nitrogen and oxygen atoms in total. The fourth-order valence-corrected chi connectivity index (χ4v) is 3.12. The topological polar surface area (TPSA) is 168 Å². The lowest BCUT2D eigenvalue weighted by Crippen LogP contribution is -2.29. The first-order valence-corrected chi connectivity index (χ1v) is 6.99. The molecule has 0 aliphatic heterocycles. The zero-order valence-corrected chi connectivity index (χ0v) is 9.30. The van der Waals surface area contributed by atoms with Crippen LogP contribution in [0.5, 0.6) is 0 Å². The van der Waals surface area contributed by atoms with Gasteiger partial charge in [-0.2, -0.15) is 0 Å². The summed E-state index contributed by atoms with van der Waals surface area (Å²) in [5.74, 6) is 0. The molecular formula is C4H13NO8P2. The molecule has 0 amide bonds. The van der Waals surface area contributed by atoms with E-state index in [1.54, 1.807) is 5.48 Å². The first-order valence-electron chi connectivity index (χ1n) is 3.77. The molecule has 0 rings (SSSR count). The molecule has 11 heteroatoms. The van der Waals surface area contributed by atoms with Gasteiger partial charge in [0.25, 0.3) is 5.08 Å². The van der Waals surface area contributed by atoms with Crippen LogP contribution in [0.3, 0.4) is 0 Å². The van der Waals surface area contributed by atoms with Crippen LogP contribution >= 0.6 is 15.2 Å². The molecule has 0 aliphatic carbocycles. The summed E-state index contributed by atoms with van der Waals surface area (Å²) in [7, 11) is -10.7. The molecule has 0 aliphatic rings. The van der Waals surface area contributed by atoms with Gasteiger partial charge < -0.3 is 29.9 Å². The van der Waals surface area contributed by atoms with Crippen molar-refractivity contribution in [3.05, 3.63) is 0 Å². The van der Waals surface area contributed by atoms with Crippen LogP contribution in [0.4, 0.5) is 0 Å². The molecule has 0 fully saturated rings. The van der Waals surface area contributed by atoms with Crippen molar-refractivity contribution in [1.82, 2.24) is 5.48 Å². The number of aliphatic hydroxyl groups is 1. The molecule has 0 atom stereocenters. The highest BCUT2D eigenvalue weighted by atomic mass is 31.2. The second-order valence-electron chi connectivity index (χ2n) is 2.87. The molecule has 0 radical (unpaired) electrons. The first kappa shape index (κ1) is 15.2. The van der Waals surface area contributed by atoms with E-state index in [1.165, 1.54) is 0 Å². The van der Waals surface area contributed by atoms with Crippen molar-refractivity contribution in [2.24, 2.45) is 0 Å². The van der Waals surface area contributed by atoms with Crippen molar-refractivity contribution in [2.75, 3.05) is 6.54 Å². The van der Waals surface area contributed by atoms with E-state index in [1.807, 2.05) is 0 Å². The Labute approximate surface area is 85.0 Å². The van der Waals surface area contributed by atoms with Crippen molar-refractivity contribution < 1.29 is 39.0 Å². The monoisotopic (exact) mass is 265 g/mol. The Hall–Kier alpha value is 0.180. The minimum Gasteiger partial charge on any atom is -0.368 e. The summed E-state index contributed by atoms with van der Waals surface area (Å²) in [5, 5.41) is 14.0. The van der Waals surface area contributed by atoms with Gasteiger partial charge in [-0.15, -0.1) is 0 Å². The van der Waals surface area contributed by atoms with E-state index in [4.69, 9.17) is 24.8 Å². The third-order valence-electron chi connectivity index (χ3n) is 1.73. The van der Waals surface area contributed by atoms with Crippen LogP contribution in [0.15, 0.2) is 0 Å². The van der Waals surface area contributed by atoms with Crippen molar-refractivity contribution in [1.29, 1.82) is 0 Å². The number of hydrogen-bond acceptors (Lipinski definition) is 5. The van der Waals surface area contributed by atoms with Gasteiger partial charge in [0, 0.05) is 13.0 Å². The summed E-state index contributed by atoms with van der Waals surface area (Å²) in [5.41, 5.74) is 1.63. The van der Waals surface area contributed by atoms with Gasteiger partial charge in [-0.3, -0.25) is 9.13 Å². The first-order chi connectivity index (χ1) is 6.56. The number of hydroxylamine groups is 1. The average Bonchev–Trinajstić information content (AvgIpc) is 2.00. The van der Waals surface area contributed by atoms with Crippen LogP contribution in [0, 0.1) is 0 Å². The van der Waals surface area contributed by atoms with Crippen LogP contribution in [0.25, 0.3) is 0 Å². The zero-order chi connectivity index (χ0) is 12.3. The third-order valence-corrected chi connectivity index (χ3v) is 5.61. The lowest BCUT2D eigenvalue weighted by molar-refractivity contribution is 0.112. The van der Waals surface area contributed by atoms with Crippen molar-refractivity contribution in [3.8, 4) is 0 Å². The molecule has 0 saturated heterocycles. The molecule has 7 N–H and O–H groups in total. The summed E-state index contributed by atoms with van der Waals surface area (Å²) in [6.07, 6.45) is -1.06. The minimum absolute atomic E-state index is 0.164. The van der Waals surface area contributed by atoms with E-state index in [-0.39, 0.29) is 13.0 Å². The van der Waals surface area contributed by atoms with Gasteiger partial charge in [0.1, 0.15) is 0 Å². The van der Waals surface area contributed by atoms with E-state index in [0.29, 0.717) is 0 Å². The Morgan fingerprint density at radius 1 is 1.07 bits per heavy atom. The van der Waals surface area contributed by atoms with Crippen LogP contribution in [-0.4, -0.2) is 41.5 Å². The normalized spacial score (nSPS) is 14.3. The highest BCUT2D eigenvalue weighted by Crippen LogP contribution is 2.69. The Morgan fingerprint density at radius 2 is 1.47 bits per heavy atom. The molecule has 0 unspecified atom stereocenters. The lowest BCUT2D eigenvalue weighted by atomic mass is 10.3. The fourth-order valence-electron chi connectivity index (χ4n) is 0.866. The summed E-state index contributed by atoms with van der Waals surface area (Å²) < 4.78 is 21.5. The molecule has 0 aromatic carbocycles. The Kier molecular flexibility index (Phi) is 5.07. The number of nitrogens with one attached hydrogen (secondary N) is 1. The third kappa shape index (κ3) is 3.60. The molecule has 0 saturated carbocycles. The molecule has 0 heterocycles. The molecule has 0 bridgehead atoms. The maximum atomic E-state index is 10.8. The predicted molar refractivity (Wildman–Crippen MR) is 48.1 cm³/mol. The van der Waals surface area contributed by atoms with Gasteiger partial charge in [0.15, 0.2) is 0 Å². The fraction of sp³-hybridized carbons (Fsp3) is 1.00. The van der Waals surface area contributed by atoms with Crippen molar-refractivity contribution >= 4 is 15.2 Å². The van der Waals surface area contributed by atoms with Gasteiger partial charge in [0.05, 0.1) is 0 Å².